The van der Waals surface area contributed by atoms with Gasteiger partial charge in [-0.3, -0.25) is 0 Å². The van der Waals surface area contributed by atoms with Crippen LogP contribution in [-0.4, -0.2) is 17.6 Å². The molecule has 1 aliphatic rings. The largest absolute Gasteiger partial charge is 0.462 e. The minimum absolute atomic E-state index is 0.206. The zero-order chi connectivity index (χ0) is 13.1. The van der Waals surface area contributed by atoms with Crippen molar-refractivity contribution in [3.8, 4) is 0 Å². The van der Waals surface area contributed by atoms with Gasteiger partial charge in [-0.25, -0.2) is 4.79 Å². The van der Waals surface area contributed by atoms with Crippen LogP contribution in [-0.2, 0) is 4.74 Å². The van der Waals surface area contributed by atoms with Gasteiger partial charge < -0.3 is 9.72 Å². The topological polar surface area (TPSA) is 42.1 Å². The molecule has 3 rings (SSSR count). The van der Waals surface area contributed by atoms with Gasteiger partial charge in [-0.2, -0.15) is 0 Å². The van der Waals surface area contributed by atoms with E-state index in [1.165, 1.54) is 32.1 Å². The Morgan fingerprint density at radius 3 is 2.84 bits per heavy atom. The minimum atomic E-state index is -0.206. The molecule has 0 atom stereocenters. The summed E-state index contributed by atoms with van der Waals surface area (Å²) in [5, 5.41) is 0.941. The van der Waals surface area contributed by atoms with E-state index in [2.05, 4.69) is 4.98 Å². The highest BCUT2D eigenvalue weighted by atomic mass is 16.5. The van der Waals surface area contributed by atoms with Crippen LogP contribution in [0.25, 0.3) is 10.9 Å². The first-order valence-electron chi connectivity index (χ1n) is 7.08. The number of H-pyrrole nitrogens is 1. The maximum absolute atomic E-state index is 12.1. The average molecular weight is 257 g/mol. The number of esters is 1. The number of nitrogens with one attached hydrogen (secondary N) is 1. The lowest BCUT2D eigenvalue weighted by molar-refractivity contribution is 0.0412. The number of para-hydroxylation sites is 1. The lowest BCUT2D eigenvalue weighted by atomic mass is 9.90. The molecule has 1 aromatic heterocycles. The van der Waals surface area contributed by atoms with Crippen LogP contribution < -0.4 is 0 Å². The Morgan fingerprint density at radius 1 is 1.21 bits per heavy atom. The lowest BCUT2D eigenvalue weighted by Crippen LogP contribution is -2.16. The van der Waals surface area contributed by atoms with Crippen LogP contribution >= 0.6 is 0 Å². The first kappa shape index (κ1) is 12.3. The van der Waals surface area contributed by atoms with Crippen molar-refractivity contribution in [3.63, 3.8) is 0 Å². The summed E-state index contributed by atoms with van der Waals surface area (Å²) in [6.45, 7) is 0.568. The number of hydrogen-bond acceptors (Lipinski definition) is 2. The fourth-order valence-electron chi connectivity index (χ4n) is 2.87. The van der Waals surface area contributed by atoms with Gasteiger partial charge in [0.25, 0.3) is 0 Å². The average Bonchev–Trinajstić information content (AvgIpc) is 2.90. The molecule has 1 fully saturated rings. The highest BCUT2D eigenvalue weighted by molar-refractivity contribution is 6.03. The Bertz CT molecular complexity index is 567. The number of carbonyl (C=O) groups is 1. The zero-order valence-corrected chi connectivity index (χ0v) is 11.0. The van der Waals surface area contributed by atoms with E-state index in [0.29, 0.717) is 18.1 Å². The minimum Gasteiger partial charge on any atom is -0.462 e. The summed E-state index contributed by atoms with van der Waals surface area (Å²) < 4.78 is 5.48. The van der Waals surface area contributed by atoms with Crippen molar-refractivity contribution in [3.05, 3.63) is 36.0 Å². The Balaban J connectivity index is 1.66. The molecular weight excluding hydrogens is 238 g/mol. The molecule has 1 aliphatic carbocycles. The molecule has 3 heteroatoms. The molecule has 19 heavy (non-hydrogen) atoms. The molecule has 1 heterocycles. The number of rotatable bonds is 3. The fourth-order valence-corrected chi connectivity index (χ4v) is 2.87. The predicted molar refractivity (Wildman–Crippen MR) is 75.2 cm³/mol. The maximum atomic E-state index is 12.1. The number of benzene rings is 1. The molecule has 3 nitrogen and oxygen atoms in total. The molecule has 0 saturated heterocycles. The molecule has 100 valence electrons. The highest BCUT2D eigenvalue weighted by Crippen LogP contribution is 2.24. The standard InChI is InChI=1S/C16H19NO2/c18-16(19-11-12-6-2-1-3-7-12)14-10-17-15-9-5-4-8-13(14)15/h4-5,8-10,12,17H,1-3,6-7,11H2. The summed E-state index contributed by atoms with van der Waals surface area (Å²) in [4.78, 5) is 15.2. The van der Waals surface area contributed by atoms with Crippen LogP contribution in [0.1, 0.15) is 42.5 Å². The molecular formula is C16H19NO2. The van der Waals surface area contributed by atoms with Crippen molar-refractivity contribution >= 4 is 16.9 Å². The lowest BCUT2D eigenvalue weighted by Gasteiger charge is -2.20. The van der Waals surface area contributed by atoms with Gasteiger partial charge >= 0.3 is 5.97 Å². The number of aromatic nitrogens is 1. The van der Waals surface area contributed by atoms with Crippen LogP contribution in [0, 0.1) is 5.92 Å². The number of aromatic amines is 1. The van der Waals surface area contributed by atoms with E-state index in [1.54, 1.807) is 6.20 Å². The van der Waals surface area contributed by atoms with E-state index in [-0.39, 0.29) is 5.97 Å². The van der Waals surface area contributed by atoms with Gasteiger partial charge in [-0.1, -0.05) is 37.5 Å². The summed E-state index contributed by atoms with van der Waals surface area (Å²) in [6, 6.07) is 7.81. The summed E-state index contributed by atoms with van der Waals surface area (Å²) in [7, 11) is 0. The number of hydrogen-bond donors (Lipinski definition) is 1. The summed E-state index contributed by atoms with van der Waals surface area (Å²) in [6.07, 6.45) is 8.01. The smallest absolute Gasteiger partial charge is 0.340 e. The number of fused-ring (bicyclic) bond motifs is 1. The van der Waals surface area contributed by atoms with Crippen LogP contribution in [0.15, 0.2) is 30.5 Å². The molecule has 0 radical (unpaired) electrons. The Kier molecular flexibility index (Phi) is 3.53. The van der Waals surface area contributed by atoms with Crippen molar-refractivity contribution in [2.45, 2.75) is 32.1 Å². The van der Waals surface area contributed by atoms with Gasteiger partial charge in [0.15, 0.2) is 0 Å². The molecule has 1 saturated carbocycles. The highest BCUT2D eigenvalue weighted by Gasteiger charge is 2.18. The van der Waals surface area contributed by atoms with Crippen molar-refractivity contribution in [1.82, 2.24) is 4.98 Å². The van der Waals surface area contributed by atoms with Crippen LogP contribution in [0.2, 0.25) is 0 Å². The first-order chi connectivity index (χ1) is 9.34. The summed E-state index contributed by atoms with van der Waals surface area (Å²) >= 11 is 0. The van der Waals surface area contributed by atoms with Gasteiger partial charge in [-0.15, -0.1) is 0 Å². The molecule has 1 aromatic carbocycles. The first-order valence-corrected chi connectivity index (χ1v) is 7.08. The van der Waals surface area contributed by atoms with Crippen LogP contribution in [0.4, 0.5) is 0 Å². The number of carbonyl (C=O) groups excluding carboxylic acids is 1. The Hall–Kier alpha value is -1.77. The molecule has 0 spiro atoms. The van der Waals surface area contributed by atoms with Crippen molar-refractivity contribution in [2.24, 2.45) is 5.92 Å². The third-order valence-corrected chi connectivity index (χ3v) is 3.98. The summed E-state index contributed by atoms with van der Waals surface area (Å²) in [5.41, 5.74) is 1.62. The Labute approximate surface area is 113 Å². The molecule has 0 aliphatic heterocycles. The van der Waals surface area contributed by atoms with E-state index in [1.807, 2.05) is 24.3 Å². The molecule has 1 N–H and O–H groups in total. The van der Waals surface area contributed by atoms with Gasteiger partial charge in [-0.05, 0) is 24.8 Å². The normalized spacial score (nSPS) is 16.6. The second-order valence-corrected chi connectivity index (χ2v) is 5.35. The van der Waals surface area contributed by atoms with Crippen LogP contribution in [0.5, 0.6) is 0 Å². The van der Waals surface area contributed by atoms with Crippen LogP contribution in [0.3, 0.4) is 0 Å². The van der Waals surface area contributed by atoms with Gasteiger partial charge in [0, 0.05) is 17.1 Å². The molecule has 0 amide bonds. The van der Waals surface area contributed by atoms with E-state index in [0.717, 1.165) is 10.9 Å². The predicted octanol–water partition coefficient (Wildman–Crippen LogP) is 3.91. The molecule has 2 aromatic rings. The van der Waals surface area contributed by atoms with E-state index in [4.69, 9.17) is 4.74 Å². The fraction of sp³-hybridized carbons (Fsp3) is 0.438. The third-order valence-electron chi connectivity index (χ3n) is 3.98. The van der Waals surface area contributed by atoms with E-state index in [9.17, 15) is 4.79 Å². The van der Waals surface area contributed by atoms with E-state index >= 15 is 0 Å². The Morgan fingerprint density at radius 2 is 2.00 bits per heavy atom. The van der Waals surface area contributed by atoms with Gasteiger partial charge in [0.05, 0.1) is 12.2 Å². The molecule has 0 unspecified atom stereocenters. The van der Waals surface area contributed by atoms with Crippen molar-refractivity contribution in [1.29, 1.82) is 0 Å². The van der Waals surface area contributed by atoms with Crippen molar-refractivity contribution < 1.29 is 9.53 Å². The maximum Gasteiger partial charge on any atom is 0.340 e. The number of ether oxygens (including phenoxy) is 1. The van der Waals surface area contributed by atoms with E-state index < -0.39 is 0 Å². The van der Waals surface area contributed by atoms with Gasteiger partial charge in [0.2, 0.25) is 0 Å². The van der Waals surface area contributed by atoms with Gasteiger partial charge in [0.1, 0.15) is 0 Å². The van der Waals surface area contributed by atoms with Crippen molar-refractivity contribution in [2.75, 3.05) is 6.61 Å². The third kappa shape index (κ3) is 2.65. The summed E-state index contributed by atoms with van der Waals surface area (Å²) in [5.74, 6) is 0.353. The second kappa shape index (κ2) is 5.47. The second-order valence-electron chi connectivity index (χ2n) is 5.35. The quantitative estimate of drug-likeness (QED) is 0.847. The zero-order valence-electron chi connectivity index (χ0n) is 11.0. The monoisotopic (exact) mass is 257 g/mol. The molecule has 0 bridgehead atoms. The SMILES string of the molecule is O=C(OCC1CCCCC1)c1c[nH]c2ccccc12.